The molecule has 2 heterocycles. The van der Waals surface area contributed by atoms with Crippen molar-refractivity contribution in [1.82, 2.24) is 9.88 Å². The van der Waals surface area contributed by atoms with Gasteiger partial charge >= 0.3 is 0 Å². The number of hydrogen-bond donors (Lipinski definition) is 1. The van der Waals surface area contributed by atoms with Gasteiger partial charge in [0, 0.05) is 13.1 Å². The van der Waals surface area contributed by atoms with Crippen LogP contribution in [0.1, 0.15) is 18.6 Å². The number of fused-ring (bicyclic) bond motifs is 1. The number of halogens is 1. The molecule has 1 saturated heterocycles. The summed E-state index contributed by atoms with van der Waals surface area (Å²) in [4.78, 5) is 18.9. The van der Waals surface area contributed by atoms with Crippen LogP contribution in [0.5, 0.6) is 0 Å². The lowest BCUT2D eigenvalue weighted by molar-refractivity contribution is -0.122. The molecule has 1 amide bonds. The molecule has 140 valence electrons. The predicted molar refractivity (Wildman–Crippen MR) is 104 cm³/mol. The molecular formula is C20H20FN3O2S. The molecule has 27 heavy (non-hydrogen) atoms. The van der Waals surface area contributed by atoms with Crippen LogP contribution >= 0.6 is 11.3 Å². The van der Waals surface area contributed by atoms with Crippen molar-refractivity contribution in [3.05, 3.63) is 59.9 Å². The van der Waals surface area contributed by atoms with Gasteiger partial charge in [-0.15, -0.1) is 0 Å². The van der Waals surface area contributed by atoms with Crippen LogP contribution in [0.2, 0.25) is 0 Å². The van der Waals surface area contributed by atoms with E-state index >= 15 is 0 Å². The molecule has 0 radical (unpaired) electrons. The summed E-state index contributed by atoms with van der Waals surface area (Å²) in [5, 5.41) is 3.32. The van der Waals surface area contributed by atoms with Gasteiger partial charge in [0.2, 0.25) is 5.91 Å². The van der Waals surface area contributed by atoms with E-state index in [4.69, 9.17) is 4.74 Å². The van der Waals surface area contributed by atoms with Crippen LogP contribution in [0.3, 0.4) is 0 Å². The Labute approximate surface area is 160 Å². The lowest BCUT2D eigenvalue weighted by Crippen LogP contribution is -2.46. The number of carbonyl (C=O) groups is 1. The van der Waals surface area contributed by atoms with Gasteiger partial charge in [-0.05, 0) is 30.7 Å². The Balaban J connectivity index is 1.40. The zero-order valence-corrected chi connectivity index (χ0v) is 15.7. The normalized spacial score (nSPS) is 20.7. The minimum Gasteiger partial charge on any atom is -0.368 e. The average molecular weight is 385 g/mol. The van der Waals surface area contributed by atoms with Crippen LogP contribution < -0.4 is 5.32 Å². The Hall–Kier alpha value is -2.35. The Morgan fingerprint density at radius 1 is 1.30 bits per heavy atom. The van der Waals surface area contributed by atoms with E-state index in [2.05, 4.69) is 15.2 Å². The highest BCUT2D eigenvalue weighted by molar-refractivity contribution is 7.22. The molecule has 2 unspecified atom stereocenters. The second-order valence-electron chi connectivity index (χ2n) is 6.72. The molecule has 1 fully saturated rings. The van der Waals surface area contributed by atoms with Gasteiger partial charge in [-0.2, -0.15) is 0 Å². The van der Waals surface area contributed by atoms with Gasteiger partial charge in [-0.1, -0.05) is 41.7 Å². The third kappa shape index (κ3) is 4.32. The second-order valence-corrected chi connectivity index (χ2v) is 7.75. The van der Waals surface area contributed by atoms with Crippen LogP contribution in [0.25, 0.3) is 10.2 Å². The van der Waals surface area contributed by atoms with Crippen molar-refractivity contribution in [2.75, 3.05) is 25.0 Å². The number of aromatic nitrogens is 1. The van der Waals surface area contributed by atoms with Crippen LogP contribution in [0.15, 0.2) is 48.5 Å². The molecule has 3 aromatic rings. The quantitative estimate of drug-likeness (QED) is 0.742. The maximum atomic E-state index is 13.3. The minimum atomic E-state index is -0.307. The fourth-order valence-corrected chi connectivity index (χ4v) is 4.24. The van der Waals surface area contributed by atoms with Crippen LogP contribution in [-0.4, -0.2) is 41.5 Å². The van der Waals surface area contributed by atoms with Gasteiger partial charge in [0.1, 0.15) is 5.82 Å². The van der Waals surface area contributed by atoms with Gasteiger partial charge in [0.05, 0.1) is 29.0 Å². The van der Waals surface area contributed by atoms with Crippen molar-refractivity contribution < 1.29 is 13.9 Å². The van der Waals surface area contributed by atoms with Crippen LogP contribution in [0, 0.1) is 5.82 Å². The SMILES string of the molecule is CC1CN(CC(=O)Nc2nc3ccc(F)cc3s2)CC(c2ccccc2)O1. The Bertz CT molecular complexity index is 947. The maximum Gasteiger partial charge on any atom is 0.240 e. The van der Waals surface area contributed by atoms with E-state index in [1.54, 1.807) is 6.07 Å². The second kappa shape index (κ2) is 7.72. The largest absolute Gasteiger partial charge is 0.368 e. The van der Waals surface area contributed by atoms with E-state index in [0.717, 1.165) is 10.3 Å². The smallest absolute Gasteiger partial charge is 0.240 e. The number of morpholine rings is 1. The van der Waals surface area contributed by atoms with Gasteiger partial charge in [-0.25, -0.2) is 9.37 Å². The number of anilines is 1. The number of thiazole rings is 1. The number of benzene rings is 2. The van der Waals surface area contributed by atoms with Gasteiger partial charge in [0.15, 0.2) is 5.13 Å². The van der Waals surface area contributed by atoms with E-state index in [0.29, 0.717) is 23.7 Å². The highest BCUT2D eigenvalue weighted by atomic mass is 32.1. The lowest BCUT2D eigenvalue weighted by Gasteiger charge is -2.36. The van der Waals surface area contributed by atoms with E-state index in [-0.39, 0.29) is 30.5 Å². The first kappa shape index (κ1) is 18.0. The monoisotopic (exact) mass is 385 g/mol. The molecule has 2 atom stereocenters. The summed E-state index contributed by atoms with van der Waals surface area (Å²) in [7, 11) is 0. The van der Waals surface area contributed by atoms with Gasteiger partial charge in [-0.3, -0.25) is 9.69 Å². The van der Waals surface area contributed by atoms with E-state index in [1.165, 1.54) is 23.5 Å². The van der Waals surface area contributed by atoms with E-state index < -0.39 is 0 Å². The molecule has 1 aliphatic rings. The Morgan fingerprint density at radius 3 is 2.93 bits per heavy atom. The molecule has 7 heteroatoms. The summed E-state index contributed by atoms with van der Waals surface area (Å²) in [5.41, 5.74) is 1.79. The summed E-state index contributed by atoms with van der Waals surface area (Å²) < 4.78 is 20.1. The zero-order chi connectivity index (χ0) is 18.8. The van der Waals surface area contributed by atoms with Crippen molar-refractivity contribution in [1.29, 1.82) is 0 Å². The van der Waals surface area contributed by atoms with Gasteiger partial charge in [0.25, 0.3) is 0 Å². The summed E-state index contributed by atoms with van der Waals surface area (Å²) >= 11 is 1.27. The number of hydrogen-bond acceptors (Lipinski definition) is 5. The fraction of sp³-hybridized carbons (Fsp3) is 0.300. The molecule has 1 aliphatic heterocycles. The zero-order valence-electron chi connectivity index (χ0n) is 14.9. The van der Waals surface area contributed by atoms with Crippen LogP contribution in [0.4, 0.5) is 9.52 Å². The third-order valence-corrected chi connectivity index (χ3v) is 5.40. The maximum absolute atomic E-state index is 13.3. The summed E-state index contributed by atoms with van der Waals surface area (Å²) in [6.45, 7) is 3.64. The fourth-order valence-electron chi connectivity index (χ4n) is 3.33. The predicted octanol–water partition coefficient (Wildman–Crippen LogP) is 3.84. The summed E-state index contributed by atoms with van der Waals surface area (Å²) in [6.07, 6.45) is -0.00430. The Morgan fingerprint density at radius 2 is 2.11 bits per heavy atom. The highest BCUT2D eigenvalue weighted by Crippen LogP contribution is 2.27. The number of nitrogens with one attached hydrogen (secondary N) is 1. The molecule has 4 rings (SSSR count). The molecule has 2 aromatic carbocycles. The van der Waals surface area contributed by atoms with Crippen molar-refractivity contribution in [3.63, 3.8) is 0 Å². The summed E-state index contributed by atoms with van der Waals surface area (Å²) in [6, 6.07) is 14.5. The minimum absolute atomic E-state index is 0.0437. The molecule has 5 nitrogen and oxygen atoms in total. The summed E-state index contributed by atoms with van der Waals surface area (Å²) in [5.74, 6) is -0.436. The molecule has 0 aliphatic carbocycles. The standard InChI is InChI=1S/C20H20FN3O2S/c1-13-10-24(11-17(26-13)14-5-3-2-4-6-14)12-19(25)23-20-22-16-8-7-15(21)9-18(16)27-20/h2-9,13,17H,10-12H2,1H3,(H,22,23,25). The lowest BCUT2D eigenvalue weighted by atomic mass is 10.1. The molecule has 1 aromatic heterocycles. The number of rotatable bonds is 4. The first-order chi connectivity index (χ1) is 13.1. The van der Waals surface area contributed by atoms with Crippen molar-refractivity contribution >= 4 is 32.6 Å². The Kier molecular flexibility index (Phi) is 5.15. The number of carbonyl (C=O) groups excluding carboxylic acids is 1. The average Bonchev–Trinajstić information content (AvgIpc) is 3.03. The molecular weight excluding hydrogens is 365 g/mol. The third-order valence-electron chi connectivity index (χ3n) is 4.47. The van der Waals surface area contributed by atoms with Crippen molar-refractivity contribution in [2.45, 2.75) is 19.1 Å². The molecule has 0 saturated carbocycles. The molecule has 0 spiro atoms. The van der Waals surface area contributed by atoms with Crippen LogP contribution in [-0.2, 0) is 9.53 Å². The number of amides is 1. The molecule has 1 N–H and O–H groups in total. The van der Waals surface area contributed by atoms with Crippen molar-refractivity contribution in [2.24, 2.45) is 0 Å². The molecule has 0 bridgehead atoms. The van der Waals surface area contributed by atoms with E-state index in [9.17, 15) is 9.18 Å². The topological polar surface area (TPSA) is 54.5 Å². The number of ether oxygens (including phenoxy) is 1. The highest BCUT2D eigenvalue weighted by Gasteiger charge is 2.27. The first-order valence-corrected chi connectivity index (χ1v) is 9.67. The number of nitrogens with zero attached hydrogens (tertiary/aromatic N) is 2. The van der Waals surface area contributed by atoms with Gasteiger partial charge < -0.3 is 10.1 Å². The van der Waals surface area contributed by atoms with E-state index in [1.807, 2.05) is 37.3 Å². The van der Waals surface area contributed by atoms with Crippen molar-refractivity contribution in [3.8, 4) is 0 Å². The first-order valence-electron chi connectivity index (χ1n) is 8.85.